The van der Waals surface area contributed by atoms with E-state index in [2.05, 4.69) is 19.1 Å². The number of unbranched alkanes of at least 4 members (excludes halogenated alkanes) is 3. The zero-order valence-electron chi connectivity index (χ0n) is 18.1. The van der Waals surface area contributed by atoms with Crippen LogP contribution in [-0.4, -0.2) is 36.5 Å². The van der Waals surface area contributed by atoms with Gasteiger partial charge in [-0.15, -0.1) is 0 Å². The fourth-order valence-corrected chi connectivity index (χ4v) is 3.04. The molecule has 0 aliphatic rings. The van der Waals surface area contributed by atoms with E-state index in [1.807, 2.05) is 23.1 Å². The molecule has 5 nitrogen and oxygen atoms in total. The summed E-state index contributed by atoms with van der Waals surface area (Å²) in [6, 6.07) is 17.0. The van der Waals surface area contributed by atoms with Gasteiger partial charge >= 0.3 is 5.97 Å². The second-order valence-corrected chi connectivity index (χ2v) is 7.26. The van der Waals surface area contributed by atoms with E-state index < -0.39 is 0 Å². The van der Waals surface area contributed by atoms with Gasteiger partial charge in [0, 0.05) is 19.5 Å². The molecular formula is C25H33NO4. The fourth-order valence-electron chi connectivity index (χ4n) is 3.04. The lowest BCUT2D eigenvalue weighted by molar-refractivity contribution is -0.134. The zero-order valence-corrected chi connectivity index (χ0v) is 18.1. The Labute approximate surface area is 180 Å². The van der Waals surface area contributed by atoms with Crippen LogP contribution in [0.5, 0.6) is 11.5 Å². The third kappa shape index (κ3) is 8.68. The Hall–Kier alpha value is -2.82. The van der Waals surface area contributed by atoms with Gasteiger partial charge in [0.25, 0.3) is 5.91 Å². The van der Waals surface area contributed by atoms with Crippen LogP contribution < -0.4 is 9.47 Å². The monoisotopic (exact) mass is 411 g/mol. The highest BCUT2D eigenvalue weighted by molar-refractivity contribution is 5.77. The molecule has 2 aromatic rings. The SMILES string of the molecule is CCCCCCN(CCc1ccccc1)C(=O)COc1ccc(OC(=O)CC)cc1. The van der Waals surface area contributed by atoms with E-state index in [9.17, 15) is 9.59 Å². The Morgan fingerprint density at radius 1 is 0.833 bits per heavy atom. The van der Waals surface area contributed by atoms with Crippen molar-refractivity contribution >= 4 is 11.9 Å². The van der Waals surface area contributed by atoms with E-state index in [-0.39, 0.29) is 18.5 Å². The van der Waals surface area contributed by atoms with Crippen LogP contribution >= 0.6 is 0 Å². The Morgan fingerprint density at radius 3 is 2.20 bits per heavy atom. The fraction of sp³-hybridized carbons (Fsp3) is 0.440. The Kier molecular flexibility index (Phi) is 10.5. The van der Waals surface area contributed by atoms with Gasteiger partial charge in [-0.25, -0.2) is 0 Å². The average Bonchev–Trinajstić information content (AvgIpc) is 2.78. The molecule has 1 amide bonds. The minimum absolute atomic E-state index is 0.00331. The van der Waals surface area contributed by atoms with Gasteiger partial charge in [-0.1, -0.05) is 63.4 Å². The van der Waals surface area contributed by atoms with Crippen molar-refractivity contribution in [3.05, 3.63) is 60.2 Å². The van der Waals surface area contributed by atoms with Crippen LogP contribution in [0.1, 0.15) is 51.5 Å². The van der Waals surface area contributed by atoms with Crippen molar-refractivity contribution in [2.45, 2.75) is 52.4 Å². The van der Waals surface area contributed by atoms with Crippen molar-refractivity contribution in [1.29, 1.82) is 0 Å². The highest BCUT2D eigenvalue weighted by Gasteiger charge is 2.14. The summed E-state index contributed by atoms with van der Waals surface area (Å²) in [6.45, 7) is 5.36. The third-order valence-corrected chi connectivity index (χ3v) is 4.85. The van der Waals surface area contributed by atoms with E-state index in [1.54, 1.807) is 31.2 Å². The largest absolute Gasteiger partial charge is 0.484 e. The lowest BCUT2D eigenvalue weighted by Gasteiger charge is -2.23. The average molecular weight is 412 g/mol. The van der Waals surface area contributed by atoms with Gasteiger partial charge in [0.2, 0.25) is 0 Å². The number of carbonyl (C=O) groups is 2. The molecule has 2 rings (SSSR count). The van der Waals surface area contributed by atoms with Gasteiger partial charge in [-0.05, 0) is 42.7 Å². The predicted octanol–water partition coefficient (Wildman–Crippen LogP) is 5.03. The Bertz CT molecular complexity index is 758. The first-order valence-corrected chi connectivity index (χ1v) is 10.9. The number of hydrogen-bond donors (Lipinski definition) is 0. The van der Waals surface area contributed by atoms with Crippen molar-refractivity contribution in [3.8, 4) is 11.5 Å². The first-order chi connectivity index (χ1) is 14.6. The molecule has 0 N–H and O–H groups in total. The summed E-state index contributed by atoms with van der Waals surface area (Å²) in [7, 11) is 0. The molecular weight excluding hydrogens is 378 g/mol. The predicted molar refractivity (Wildman–Crippen MR) is 119 cm³/mol. The topological polar surface area (TPSA) is 55.8 Å². The van der Waals surface area contributed by atoms with Crippen molar-refractivity contribution in [2.75, 3.05) is 19.7 Å². The van der Waals surface area contributed by atoms with Gasteiger partial charge < -0.3 is 14.4 Å². The second kappa shape index (κ2) is 13.4. The van der Waals surface area contributed by atoms with Crippen LogP contribution in [0.15, 0.2) is 54.6 Å². The molecule has 0 aliphatic carbocycles. The summed E-state index contributed by atoms with van der Waals surface area (Å²) in [6.07, 6.45) is 5.65. The number of amides is 1. The molecule has 0 saturated heterocycles. The van der Waals surface area contributed by atoms with E-state index in [0.717, 1.165) is 25.8 Å². The number of benzene rings is 2. The first kappa shape index (κ1) is 23.5. The van der Waals surface area contributed by atoms with Crippen LogP contribution in [0.25, 0.3) is 0 Å². The lowest BCUT2D eigenvalue weighted by Crippen LogP contribution is -2.37. The number of carbonyl (C=O) groups excluding carboxylic acids is 2. The van der Waals surface area contributed by atoms with Crippen LogP contribution in [0, 0.1) is 0 Å². The van der Waals surface area contributed by atoms with Crippen molar-refractivity contribution in [1.82, 2.24) is 4.90 Å². The molecule has 0 atom stereocenters. The first-order valence-electron chi connectivity index (χ1n) is 10.9. The summed E-state index contributed by atoms with van der Waals surface area (Å²) in [4.78, 5) is 26.0. The zero-order chi connectivity index (χ0) is 21.6. The summed E-state index contributed by atoms with van der Waals surface area (Å²) >= 11 is 0. The third-order valence-electron chi connectivity index (χ3n) is 4.85. The van der Waals surface area contributed by atoms with E-state index >= 15 is 0 Å². The Balaban J connectivity index is 1.87. The van der Waals surface area contributed by atoms with Crippen LogP contribution in [-0.2, 0) is 16.0 Å². The minimum Gasteiger partial charge on any atom is -0.484 e. The molecule has 0 fully saturated rings. The highest BCUT2D eigenvalue weighted by Crippen LogP contribution is 2.18. The maximum atomic E-state index is 12.8. The van der Waals surface area contributed by atoms with E-state index in [0.29, 0.717) is 24.5 Å². The smallest absolute Gasteiger partial charge is 0.310 e. The summed E-state index contributed by atoms with van der Waals surface area (Å²) in [5.41, 5.74) is 1.22. The molecule has 30 heavy (non-hydrogen) atoms. The molecule has 0 unspecified atom stereocenters. The Morgan fingerprint density at radius 2 is 1.53 bits per heavy atom. The maximum absolute atomic E-state index is 12.8. The highest BCUT2D eigenvalue weighted by atomic mass is 16.5. The molecule has 162 valence electrons. The van der Waals surface area contributed by atoms with Crippen LogP contribution in [0.4, 0.5) is 0 Å². The number of nitrogens with zero attached hydrogens (tertiary/aromatic N) is 1. The van der Waals surface area contributed by atoms with Crippen molar-refractivity contribution < 1.29 is 19.1 Å². The summed E-state index contributed by atoms with van der Waals surface area (Å²) < 4.78 is 10.8. The maximum Gasteiger partial charge on any atom is 0.310 e. The molecule has 0 aromatic heterocycles. The number of hydrogen-bond acceptors (Lipinski definition) is 4. The van der Waals surface area contributed by atoms with Gasteiger partial charge in [0.1, 0.15) is 11.5 Å². The molecule has 0 heterocycles. The number of ether oxygens (including phenoxy) is 2. The summed E-state index contributed by atoms with van der Waals surface area (Å²) in [5.74, 6) is 0.759. The lowest BCUT2D eigenvalue weighted by atomic mass is 10.1. The summed E-state index contributed by atoms with van der Waals surface area (Å²) in [5, 5.41) is 0. The molecule has 0 aliphatic heterocycles. The van der Waals surface area contributed by atoms with E-state index in [4.69, 9.17) is 9.47 Å². The number of rotatable bonds is 13. The normalized spacial score (nSPS) is 10.5. The van der Waals surface area contributed by atoms with Crippen molar-refractivity contribution in [2.24, 2.45) is 0 Å². The molecule has 0 saturated carbocycles. The van der Waals surface area contributed by atoms with Crippen LogP contribution in [0.2, 0.25) is 0 Å². The quantitative estimate of drug-likeness (QED) is 0.263. The standard InChI is InChI=1S/C25H33NO4/c1-3-5-6-10-18-26(19-17-21-11-8-7-9-12-21)24(27)20-29-22-13-15-23(16-14-22)30-25(28)4-2/h7-9,11-16H,3-6,10,17-20H2,1-2H3. The second-order valence-electron chi connectivity index (χ2n) is 7.26. The van der Waals surface area contributed by atoms with Gasteiger partial charge in [-0.3, -0.25) is 9.59 Å². The van der Waals surface area contributed by atoms with Crippen LogP contribution in [0.3, 0.4) is 0 Å². The molecule has 0 radical (unpaired) electrons. The molecule has 5 heteroatoms. The molecule has 0 bridgehead atoms. The van der Waals surface area contributed by atoms with Gasteiger partial charge in [0.05, 0.1) is 0 Å². The van der Waals surface area contributed by atoms with Gasteiger partial charge in [-0.2, -0.15) is 0 Å². The minimum atomic E-state index is -0.282. The van der Waals surface area contributed by atoms with Crippen molar-refractivity contribution in [3.63, 3.8) is 0 Å². The van der Waals surface area contributed by atoms with Gasteiger partial charge in [0.15, 0.2) is 6.61 Å². The van der Waals surface area contributed by atoms with E-state index in [1.165, 1.54) is 18.4 Å². The number of esters is 1. The molecule has 0 spiro atoms. The molecule has 2 aromatic carbocycles.